The molecule has 2 aromatic carbocycles. The number of anilines is 1. The third-order valence-corrected chi connectivity index (χ3v) is 6.06. The largest absolute Gasteiger partial charge is 0.465 e. The van der Waals surface area contributed by atoms with E-state index in [0.29, 0.717) is 17.1 Å². The van der Waals surface area contributed by atoms with E-state index in [1.807, 2.05) is 0 Å². The van der Waals surface area contributed by atoms with Gasteiger partial charge in [-0.3, -0.25) is 9.10 Å². The number of rotatable bonds is 10. The molecule has 10 heteroatoms. The zero-order valence-corrected chi connectivity index (χ0v) is 18.1. The molecule has 0 bridgehead atoms. The average Bonchev–Trinajstić information content (AvgIpc) is 2.73. The Hall–Kier alpha value is -2.78. The molecule has 0 saturated carbocycles. The number of nitrogens with one attached hydrogen (secondary N) is 2. The number of urea groups is 1. The lowest BCUT2D eigenvalue weighted by molar-refractivity contribution is -0.141. The van der Waals surface area contributed by atoms with Crippen LogP contribution in [-0.2, 0) is 19.6 Å². The highest BCUT2D eigenvalue weighted by Gasteiger charge is 2.24. The minimum atomic E-state index is -3.81. The van der Waals surface area contributed by atoms with Crippen LogP contribution in [0.4, 0.5) is 10.5 Å². The van der Waals surface area contributed by atoms with Crippen molar-refractivity contribution in [2.24, 2.45) is 0 Å². The van der Waals surface area contributed by atoms with E-state index in [2.05, 4.69) is 10.6 Å². The van der Waals surface area contributed by atoms with Gasteiger partial charge < -0.3 is 15.4 Å². The molecular formula is C20H24ClN3O5S. The molecule has 2 amide bonds. The molecule has 0 aliphatic heterocycles. The summed E-state index contributed by atoms with van der Waals surface area (Å²) in [6, 6.07) is 14.1. The number of ether oxygens (including phenoxy) is 1. The highest BCUT2D eigenvalue weighted by Crippen LogP contribution is 2.24. The van der Waals surface area contributed by atoms with E-state index >= 15 is 0 Å². The molecule has 0 heterocycles. The summed E-state index contributed by atoms with van der Waals surface area (Å²) in [6.07, 6.45) is 0.356. The Morgan fingerprint density at radius 2 is 1.70 bits per heavy atom. The Labute approximate surface area is 181 Å². The Morgan fingerprint density at radius 3 is 2.33 bits per heavy atom. The molecule has 0 aliphatic rings. The van der Waals surface area contributed by atoms with Crippen molar-refractivity contribution >= 4 is 39.3 Å². The number of sulfonamides is 1. The standard InChI is InChI=1S/C20H24ClN3O5S/c1-2-29-19(25)15-23-20(26)22-13-6-14-24(17-7-4-3-5-8-17)30(27,28)18-11-9-16(21)10-12-18/h3-5,7-12H,2,6,13-15H2,1H3,(H2,22,23,26). The van der Waals surface area contributed by atoms with Crippen molar-refractivity contribution in [2.45, 2.75) is 18.2 Å². The summed E-state index contributed by atoms with van der Waals surface area (Å²) in [7, 11) is -3.81. The molecular weight excluding hydrogens is 430 g/mol. The van der Waals surface area contributed by atoms with Gasteiger partial charge in [0.05, 0.1) is 17.2 Å². The fourth-order valence-corrected chi connectivity index (χ4v) is 4.20. The molecule has 2 aromatic rings. The summed E-state index contributed by atoms with van der Waals surface area (Å²) >= 11 is 5.87. The van der Waals surface area contributed by atoms with Crippen LogP contribution in [0, 0.1) is 0 Å². The molecule has 0 radical (unpaired) electrons. The van der Waals surface area contributed by atoms with Crippen LogP contribution < -0.4 is 14.9 Å². The van der Waals surface area contributed by atoms with Gasteiger partial charge in [0.2, 0.25) is 0 Å². The molecule has 0 fully saturated rings. The lowest BCUT2D eigenvalue weighted by atomic mass is 10.3. The highest BCUT2D eigenvalue weighted by atomic mass is 35.5. The van der Waals surface area contributed by atoms with Crippen molar-refractivity contribution in [3.63, 3.8) is 0 Å². The van der Waals surface area contributed by atoms with Crippen LogP contribution in [0.1, 0.15) is 13.3 Å². The van der Waals surface area contributed by atoms with Crippen LogP contribution >= 0.6 is 11.6 Å². The number of carbonyl (C=O) groups excluding carboxylic acids is 2. The van der Waals surface area contributed by atoms with Crippen LogP contribution in [0.25, 0.3) is 0 Å². The second-order valence-corrected chi connectivity index (χ2v) is 8.43. The first kappa shape index (κ1) is 23.5. The van der Waals surface area contributed by atoms with Crippen molar-refractivity contribution in [2.75, 3.05) is 30.5 Å². The third-order valence-electron chi connectivity index (χ3n) is 3.97. The first-order chi connectivity index (χ1) is 14.3. The van der Waals surface area contributed by atoms with E-state index < -0.39 is 22.0 Å². The number of carbonyl (C=O) groups is 2. The monoisotopic (exact) mass is 453 g/mol. The van der Waals surface area contributed by atoms with E-state index in [4.69, 9.17) is 16.3 Å². The molecule has 2 N–H and O–H groups in total. The Bertz CT molecular complexity index is 937. The summed E-state index contributed by atoms with van der Waals surface area (Å²) in [5.41, 5.74) is 0.513. The topological polar surface area (TPSA) is 105 Å². The highest BCUT2D eigenvalue weighted by molar-refractivity contribution is 7.92. The molecule has 30 heavy (non-hydrogen) atoms. The molecule has 0 atom stereocenters. The molecule has 0 aromatic heterocycles. The number of benzene rings is 2. The number of hydrogen-bond donors (Lipinski definition) is 2. The van der Waals surface area contributed by atoms with Crippen LogP contribution in [0.5, 0.6) is 0 Å². The fraction of sp³-hybridized carbons (Fsp3) is 0.300. The summed E-state index contributed by atoms with van der Waals surface area (Å²) in [5, 5.41) is 5.41. The summed E-state index contributed by atoms with van der Waals surface area (Å²) in [6.45, 7) is 2.04. The minimum Gasteiger partial charge on any atom is -0.465 e. The smallest absolute Gasteiger partial charge is 0.325 e. The van der Waals surface area contributed by atoms with Crippen molar-refractivity contribution in [3.05, 3.63) is 59.6 Å². The van der Waals surface area contributed by atoms with Gasteiger partial charge in [-0.25, -0.2) is 13.2 Å². The maximum Gasteiger partial charge on any atom is 0.325 e. The number of hydrogen-bond acceptors (Lipinski definition) is 5. The van der Waals surface area contributed by atoms with Crippen molar-refractivity contribution in [1.29, 1.82) is 0 Å². The van der Waals surface area contributed by atoms with E-state index in [1.165, 1.54) is 28.6 Å². The molecule has 2 rings (SSSR count). The van der Waals surface area contributed by atoms with Crippen molar-refractivity contribution in [1.82, 2.24) is 10.6 Å². The van der Waals surface area contributed by atoms with E-state index in [0.717, 1.165) is 0 Å². The van der Waals surface area contributed by atoms with Gasteiger partial charge in [-0.05, 0) is 49.7 Å². The van der Waals surface area contributed by atoms with Crippen molar-refractivity contribution in [3.8, 4) is 0 Å². The molecule has 0 unspecified atom stereocenters. The third kappa shape index (κ3) is 6.93. The second kappa shape index (κ2) is 11.4. The summed E-state index contributed by atoms with van der Waals surface area (Å²) in [5.74, 6) is -0.531. The summed E-state index contributed by atoms with van der Waals surface area (Å²) < 4.78 is 32.3. The maximum atomic E-state index is 13.1. The molecule has 8 nitrogen and oxygen atoms in total. The normalized spacial score (nSPS) is 10.9. The minimum absolute atomic E-state index is 0.121. The first-order valence-corrected chi connectivity index (χ1v) is 11.2. The zero-order valence-electron chi connectivity index (χ0n) is 16.5. The predicted molar refractivity (Wildman–Crippen MR) is 115 cm³/mol. The average molecular weight is 454 g/mol. The molecule has 0 aliphatic carbocycles. The summed E-state index contributed by atoms with van der Waals surface area (Å²) in [4.78, 5) is 23.1. The van der Waals surface area contributed by atoms with Crippen LogP contribution in [-0.4, -0.2) is 46.7 Å². The van der Waals surface area contributed by atoms with Gasteiger partial charge in [-0.2, -0.15) is 0 Å². The number of amides is 2. The first-order valence-electron chi connectivity index (χ1n) is 9.35. The van der Waals surface area contributed by atoms with Gasteiger partial charge >= 0.3 is 12.0 Å². The maximum absolute atomic E-state index is 13.1. The van der Waals surface area contributed by atoms with Gasteiger partial charge in [-0.1, -0.05) is 29.8 Å². The van der Waals surface area contributed by atoms with E-state index in [1.54, 1.807) is 37.3 Å². The second-order valence-electron chi connectivity index (χ2n) is 6.13. The van der Waals surface area contributed by atoms with Gasteiger partial charge in [0.15, 0.2) is 0 Å². The van der Waals surface area contributed by atoms with Crippen LogP contribution in [0.3, 0.4) is 0 Å². The van der Waals surface area contributed by atoms with Crippen LogP contribution in [0.2, 0.25) is 5.02 Å². The number of para-hydroxylation sites is 1. The predicted octanol–water partition coefficient (Wildman–Crippen LogP) is 2.79. The molecule has 162 valence electrons. The number of esters is 1. The van der Waals surface area contributed by atoms with Crippen molar-refractivity contribution < 1.29 is 22.7 Å². The quantitative estimate of drug-likeness (QED) is 0.425. The van der Waals surface area contributed by atoms with E-state index in [9.17, 15) is 18.0 Å². The number of nitrogens with zero attached hydrogens (tertiary/aromatic N) is 1. The Balaban J connectivity index is 1.99. The van der Waals surface area contributed by atoms with Gasteiger partial charge in [0.25, 0.3) is 10.0 Å². The van der Waals surface area contributed by atoms with Gasteiger partial charge in [0, 0.05) is 18.1 Å². The fourth-order valence-electron chi connectivity index (χ4n) is 2.57. The Morgan fingerprint density at radius 1 is 1.03 bits per heavy atom. The lowest BCUT2D eigenvalue weighted by Crippen LogP contribution is -2.40. The van der Waals surface area contributed by atoms with Crippen LogP contribution in [0.15, 0.2) is 59.5 Å². The molecule has 0 spiro atoms. The lowest BCUT2D eigenvalue weighted by Gasteiger charge is -2.24. The zero-order chi connectivity index (χ0) is 22.0. The van der Waals surface area contributed by atoms with Gasteiger partial charge in [0.1, 0.15) is 6.54 Å². The molecule has 0 saturated heterocycles. The number of halogens is 1. The van der Waals surface area contributed by atoms with Gasteiger partial charge in [-0.15, -0.1) is 0 Å². The Kier molecular flexibility index (Phi) is 8.94. The van der Waals surface area contributed by atoms with E-state index in [-0.39, 0.29) is 31.1 Å². The SMILES string of the molecule is CCOC(=O)CNC(=O)NCCCN(c1ccccc1)S(=O)(=O)c1ccc(Cl)cc1.